The third-order valence-electron chi connectivity index (χ3n) is 5.39. The molecule has 0 saturated carbocycles. The molecule has 2 atom stereocenters. The van der Waals surface area contributed by atoms with Crippen molar-refractivity contribution in [3.05, 3.63) is 59.3 Å². The lowest BCUT2D eigenvalue weighted by molar-refractivity contribution is 0.0929. The van der Waals surface area contributed by atoms with E-state index in [1.807, 2.05) is 0 Å². The lowest BCUT2D eigenvalue weighted by Gasteiger charge is -2.40. The third kappa shape index (κ3) is 3.05. The number of hydrogen-bond acceptors (Lipinski definition) is 2. The Balaban J connectivity index is 2.06. The highest BCUT2D eigenvalue weighted by molar-refractivity contribution is 5.80. The summed E-state index contributed by atoms with van der Waals surface area (Å²) in [5.41, 5.74) is 3.72. The summed E-state index contributed by atoms with van der Waals surface area (Å²) >= 11 is 0. The van der Waals surface area contributed by atoms with Crippen molar-refractivity contribution in [3.63, 3.8) is 0 Å². The third-order valence-corrected chi connectivity index (χ3v) is 5.39. The van der Waals surface area contributed by atoms with Crippen LogP contribution in [0, 0.1) is 10.8 Å². The Morgan fingerprint density at radius 2 is 2.04 bits per heavy atom. The summed E-state index contributed by atoms with van der Waals surface area (Å²) in [6.07, 6.45) is 25.2. The number of allylic oxidation sites excluding steroid dienone is 9. The fraction of sp³-hybridized carbons (Fsp3) is 0.476. The van der Waals surface area contributed by atoms with Crippen LogP contribution in [0.2, 0.25) is 0 Å². The van der Waals surface area contributed by atoms with E-state index in [1.54, 1.807) is 13.3 Å². The molecule has 2 heteroatoms. The van der Waals surface area contributed by atoms with Gasteiger partial charge in [0, 0.05) is 13.3 Å². The minimum atomic E-state index is -0.333. The number of methoxy groups -OCH3 is 1. The fourth-order valence-corrected chi connectivity index (χ4v) is 4.07. The zero-order chi connectivity index (χ0) is 16.1. The first-order valence-corrected chi connectivity index (χ1v) is 8.78. The molecule has 0 radical (unpaired) electrons. The number of hydrogen-bond donors (Lipinski definition) is 1. The molecule has 1 N–H and O–H groups in total. The topological polar surface area (TPSA) is 33.1 Å². The van der Waals surface area contributed by atoms with Gasteiger partial charge in [-0.1, -0.05) is 53.7 Å². The maximum absolute atomic E-state index is 8.38. The Bertz CT molecular complexity index is 605. The van der Waals surface area contributed by atoms with Gasteiger partial charge in [0.15, 0.2) is 0 Å². The summed E-state index contributed by atoms with van der Waals surface area (Å²) in [6.45, 7) is 0. The first-order chi connectivity index (χ1) is 11.3. The van der Waals surface area contributed by atoms with Crippen molar-refractivity contribution < 1.29 is 4.74 Å². The van der Waals surface area contributed by atoms with Crippen molar-refractivity contribution in [2.45, 2.75) is 51.0 Å². The van der Waals surface area contributed by atoms with Gasteiger partial charge in [-0.3, -0.25) is 0 Å². The average molecular weight is 309 g/mol. The van der Waals surface area contributed by atoms with Crippen molar-refractivity contribution in [1.29, 1.82) is 5.41 Å². The molecule has 23 heavy (non-hydrogen) atoms. The second-order valence-electron chi connectivity index (χ2n) is 6.61. The molecular weight excluding hydrogens is 282 g/mol. The smallest absolute Gasteiger partial charge is 0.0717 e. The molecule has 0 heterocycles. The molecule has 2 unspecified atom stereocenters. The molecule has 3 aliphatic rings. The summed E-state index contributed by atoms with van der Waals surface area (Å²) in [6, 6.07) is 0. The van der Waals surface area contributed by atoms with E-state index in [9.17, 15) is 0 Å². The number of ether oxygens (including phenoxy) is 1. The van der Waals surface area contributed by atoms with Gasteiger partial charge in [-0.05, 0) is 50.5 Å². The van der Waals surface area contributed by atoms with Crippen molar-refractivity contribution >= 4 is 6.21 Å². The van der Waals surface area contributed by atoms with Crippen LogP contribution in [-0.4, -0.2) is 19.4 Å². The largest absolute Gasteiger partial charge is 0.381 e. The zero-order valence-corrected chi connectivity index (χ0v) is 14.1. The van der Waals surface area contributed by atoms with Crippen LogP contribution in [0.5, 0.6) is 0 Å². The highest BCUT2D eigenvalue weighted by Crippen LogP contribution is 2.48. The van der Waals surface area contributed by atoms with Crippen molar-refractivity contribution in [2.24, 2.45) is 5.41 Å². The molecule has 0 fully saturated rings. The van der Waals surface area contributed by atoms with E-state index < -0.39 is 0 Å². The Morgan fingerprint density at radius 3 is 2.61 bits per heavy atom. The minimum absolute atomic E-state index is 0.332. The molecule has 0 saturated heterocycles. The van der Waals surface area contributed by atoms with Crippen LogP contribution < -0.4 is 0 Å². The SMILES string of the molecule is COC1CC=C(C(C=N)(C2=CCCC=C2)C2=CC=CCC2)CC1. The van der Waals surface area contributed by atoms with E-state index in [0.717, 1.165) is 44.9 Å². The summed E-state index contributed by atoms with van der Waals surface area (Å²) < 4.78 is 5.52. The Hall–Kier alpha value is -1.67. The van der Waals surface area contributed by atoms with Gasteiger partial charge in [0.2, 0.25) is 0 Å². The maximum Gasteiger partial charge on any atom is 0.0717 e. The fourth-order valence-electron chi connectivity index (χ4n) is 4.07. The molecule has 0 spiro atoms. The van der Waals surface area contributed by atoms with Gasteiger partial charge < -0.3 is 10.1 Å². The normalized spacial score (nSPS) is 26.8. The molecule has 122 valence electrons. The van der Waals surface area contributed by atoms with Gasteiger partial charge in [-0.25, -0.2) is 0 Å². The lowest BCUT2D eigenvalue weighted by atomic mass is 9.63. The van der Waals surface area contributed by atoms with E-state index in [0.29, 0.717) is 6.10 Å². The Kier molecular flexibility index (Phi) is 5.12. The molecule has 3 aliphatic carbocycles. The average Bonchev–Trinajstić information content (AvgIpc) is 2.65. The Labute approximate surface area is 139 Å². The van der Waals surface area contributed by atoms with E-state index in [-0.39, 0.29) is 5.41 Å². The van der Waals surface area contributed by atoms with Crippen LogP contribution in [0.15, 0.2) is 59.3 Å². The molecule has 0 aromatic heterocycles. The van der Waals surface area contributed by atoms with Crippen molar-refractivity contribution in [2.75, 3.05) is 7.11 Å². The lowest BCUT2D eigenvalue weighted by Crippen LogP contribution is -2.33. The van der Waals surface area contributed by atoms with Gasteiger partial charge >= 0.3 is 0 Å². The monoisotopic (exact) mass is 309 g/mol. The standard InChI is InChI=1S/C21H27NO/c1-23-20-14-12-19(13-15-20)21(16-22,17-8-4-2-5-9-17)18-10-6-3-7-11-18/h2,4,6,8,10-12,16,20,22H,3,5,7,9,13-15H2,1H3. The molecule has 0 aromatic carbocycles. The number of rotatable bonds is 5. The summed E-state index contributed by atoms with van der Waals surface area (Å²) in [7, 11) is 1.80. The second-order valence-corrected chi connectivity index (χ2v) is 6.61. The predicted octanol–water partition coefficient (Wildman–Crippen LogP) is 5.30. The van der Waals surface area contributed by atoms with Crippen molar-refractivity contribution in [3.8, 4) is 0 Å². The maximum atomic E-state index is 8.38. The highest BCUT2D eigenvalue weighted by atomic mass is 16.5. The molecule has 0 aromatic rings. The van der Waals surface area contributed by atoms with Gasteiger partial charge in [0.05, 0.1) is 11.5 Å². The van der Waals surface area contributed by atoms with Gasteiger partial charge in [-0.2, -0.15) is 0 Å². The molecular formula is C21H27NO. The highest BCUT2D eigenvalue weighted by Gasteiger charge is 2.39. The van der Waals surface area contributed by atoms with E-state index in [2.05, 4.69) is 42.5 Å². The molecule has 0 amide bonds. The van der Waals surface area contributed by atoms with E-state index >= 15 is 0 Å². The minimum Gasteiger partial charge on any atom is -0.381 e. The molecule has 0 aliphatic heterocycles. The van der Waals surface area contributed by atoms with Crippen LogP contribution in [0.4, 0.5) is 0 Å². The van der Waals surface area contributed by atoms with Gasteiger partial charge in [0.1, 0.15) is 0 Å². The van der Waals surface area contributed by atoms with Crippen LogP contribution in [0.1, 0.15) is 44.9 Å². The van der Waals surface area contributed by atoms with Crippen molar-refractivity contribution in [1.82, 2.24) is 0 Å². The number of nitrogens with one attached hydrogen (secondary N) is 1. The summed E-state index contributed by atoms with van der Waals surface area (Å²) in [5, 5.41) is 8.38. The predicted molar refractivity (Wildman–Crippen MR) is 96.9 cm³/mol. The molecule has 0 bridgehead atoms. The summed E-state index contributed by atoms with van der Waals surface area (Å²) in [4.78, 5) is 0. The van der Waals surface area contributed by atoms with Gasteiger partial charge in [0.25, 0.3) is 0 Å². The van der Waals surface area contributed by atoms with E-state index in [1.165, 1.54) is 16.7 Å². The second kappa shape index (κ2) is 7.27. The van der Waals surface area contributed by atoms with Crippen LogP contribution >= 0.6 is 0 Å². The first-order valence-electron chi connectivity index (χ1n) is 8.78. The van der Waals surface area contributed by atoms with Gasteiger partial charge in [-0.15, -0.1) is 0 Å². The summed E-state index contributed by atoms with van der Waals surface area (Å²) in [5.74, 6) is 0. The van der Waals surface area contributed by atoms with Crippen LogP contribution in [-0.2, 0) is 4.74 Å². The quantitative estimate of drug-likeness (QED) is 0.542. The van der Waals surface area contributed by atoms with Crippen LogP contribution in [0.3, 0.4) is 0 Å². The molecule has 2 nitrogen and oxygen atoms in total. The van der Waals surface area contributed by atoms with Crippen LogP contribution in [0.25, 0.3) is 0 Å². The molecule has 3 rings (SSSR count). The zero-order valence-electron chi connectivity index (χ0n) is 14.1. The van der Waals surface area contributed by atoms with E-state index in [4.69, 9.17) is 10.1 Å². The first kappa shape index (κ1) is 16.2. The Morgan fingerprint density at radius 1 is 1.13 bits per heavy atom.